The highest BCUT2D eigenvalue weighted by Gasteiger charge is 2.62. The van der Waals surface area contributed by atoms with Crippen molar-refractivity contribution >= 4 is 5.97 Å². The van der Waals surface area contributed by atoms with Crippen molar-refractivity contribution in [2.45, 2.75) is 97.2 Å². The van der Waals surface area contributed by atoms with Crippen LogP contribution in [0.3, 0.4) is 0 Å². The maximum Gasteiger partial charge on any atom is 0.303 e. The molecule has 3 N–H and O–H groups in total. The van der Waals surface area contributed by atoms with E-state index < -0.39 is 5.97 Å². The van der Waals surface area contributed by atoms with Gasteiger partial charge in [-0.1, -0.05) is 20.8 Å². The van der Waals surface area contributed by atoms with Crippen molar-refractivity contribution in [2.24, 2.45) is 46.3 Å². The zero-order valence-corrected chi connectivity index (χ0v) is 17.9. The van der Waals surface area contributed by atoms with E-state index in [-0.39, 0.29) is 29.5 Å². The third-order valence-corrected chi connectivity index (χ3v) is 10.2. The van der Waals surface area contributed by atoms with E-state index in [1.165, 1.54) is 25.7 Å². The highest BCUT2D eigenvalue weighted by Crippen LogP contribution is 2.68. The molecule has 28 heavy (non-hydrogen) atoms. The van der Waals surface area contributed by atoms with Gasteiger partial charge in [0, 0.05) is 6.42 Å². The average molecular weight is 393 g/mol. The first-order valence-corrected chi connectivity index (χ1v) is 11.7. The van der Waals surface area contributed by atoms with Gasteiger partial charge in [-0.25, -0.2) is 0 Å². The van der Waals surface area contributed by atoms with E-state index in [0.717, 1.165) is 32.1 Å². The molecular formula is C24H40O4. The predicted molar refractivity (Wildman–Crippen MR) is 109 cm³/mol. The lowest BCUT2D eigenvalue weighted by atomic mass is 9.43. The van der Waals surface area contributed by atoms with Crippen LogP contribution >= 0.6 is 0 Å². The maximum absolute atomic E-state index is 11.2. The molecule has 160 valence electrons. The lowest BCUT2D eigenvalue weighted by Crippen LogP contribution is -2.58. The summed E-state index contributed by atoms with van der Waals surface area (Å²) in [6.45, 7) is 7.16. The first-order chi connectivity index (χ1) is 13.2. The molecule has 4 aliphatic rings. The fraction of sp³-hybridized carbons (Fsp3) is 0.958. The molecule has 4 aliphatic carbocycles. The Morgan fingerprint density at radius 3 is 2.39 bits per heavy atom. The number of aliphatic hydroxyl groups excluding tert-OH is 2. The van der Waals surface area contributed by atoms with Crippen LogP contribution in [0, 0.1) is 46.3 Å². The van der Waals surface area contributed by atoms with Crippen molar-refractivity contribution in [3.05, 3.63) is 0 Å². The third-order valence-electron chi connectivity index (χ3n) is 10.2. The molecule has 4 rings (SSSR count). The number of carboxylic acid groups (broad SMARTS) is 1. The summed E-state index contributed by atoms with van der Waals surface area (Å²) in [6.07, 6.45) is 9.19. The first-order valence-electron chi connectivity index (χ1n) is 11.7. The van der Waals surface area contributed by atoms with Gasteiger partial charge >= 0.3 is 5.97 Å². The largest absolute Gasteiger partial charge is 0.481 e. The van der Waals surface area contributed by atoms with E-state index in [4.69, 9.17) is 5.11 Å². The molecule has 0 aromatic carbocycles. The lowest BCUT2D eigenvalue weighted by Gasteiger charge is -2.62. The van der Waals surface area contributed by atoms with Crippen molar-refractivity contribution in [1.29, 1.82) is 0 Å². The highest BCUT2D eigenvalue weighted by molar-refractivity contribution is 5.66. The van der Waals surface area contributed by atoms with Gasteiger partial charge in [0.1, 0.15) is 0 Å². The topological polar surface area (TPSA) is 77.8 Å². The first kappa shape index (κ1) is 20.7. The smallest absolute Gasteiger partial charge is 0.303 e. The minimum absolute atomic E-state index is 0.179. The number of aliphatic carboxylic acids is 1. The molecule has 10 atom stereocenters. The molecule has 4 heteroatoms. The van der Waals surface area contributed by atoms with E-state index in [9.17, 15) is 15.0 Å². The molecule has 1 unspecified atom stereocenters. The van der Waals surface area contributed by atoms with E-state index in [1.807, 2.05) is 0 Å². The highest BCUT2D eigenvalue weighted by atomic mass is 16.4. The van der Waals surface area contributed by atoms with Crippen molar-refractivity contribution in [2.75, 3.05) is 0 Å². The average Bonchev–Trinajstić information content (AvgIpc) is 2.98. The Labute approximate surface area is 170 Å². The monoisotopic (exact) mass is 392 g/mol. The van der Waals surface area contributed by atoms with Crippen LogP contribution in [0.2, 0.25) is 0 Å². The molecule has 4 nitrogen and oxygen atoms in total. The lowest BCUT2D eigenvalue weighted by molar-refractivity contribution is -0.174. The Morgan fingerprint density at radius 1 is 1.00 bits per heavy atom. The molecule has 0 aromatic heterocycles. The van der Waals surface area contributed by atoms with Crippen molar-refractivity contribution in [1.82, 2.24) is 0 Å². The fourth-order valence-electron chi connectivity index (χ4n) is 8.73. The Hall–Kier alpha value is -0.610. The summed E-state index contributed by atoms with van der Waals surface area (Å²) < 4.78 is 0. The van der Waals surface area contributed by atoms with Crippen LogP contribution in [0.25, 0.3) is 0 Å². The summed E-state index contributed by atoms with van der Waals surface area (Å²) in [7, 11) is 0. The summed E-state index contributed by atoms with van der Waals surface area (Å²) >= 11 is 0. The van der Waals surface area contributed by atoms with Gasteiger partial charge in [0.05, 0.1) is 12.2 Å². The number of carboxylic acids is 1. The zero-order valence-electron chi connectivity index (χ0n) is 17.9. The van der Waals surface area contributed by atoms with Gasteiger partial charge in [0.15, 0.2) is 0 Å². The molecule has 4 saturated carbocycles. The minimum Gasteiger partial charge on any atom is -0.481 e. The second kappa shape index (κ2) is 7.27. The van der Waals surface area contributed by atoms with Gasteiger partial charge in [-0.05, 0) is 104 Å². The van der Waals surface area contributed by atoms with E-state index in [2.05, 4.69) is 20.8 Å². The molecule has 0 bridgehead atoms. The molecule has 0 spiro atoms. The van der Waals surface area contributed by atoms with E-state index in [1.54, 1.807) is 0 Å². The zero-order chi connectivity index (χ0) is 20.3. The van der Waals surface area contributed by atoms with Crippen LogP contribution < -0.4 is 0 Å². The molecule has 0 aliphatic heterocycles. The number of hydrogen-bond acceptors (Lipinski definition) is 3. The predicted octanol–water partition coefficient (Wildman–Crippen LogP) is 4.48. The summed E-state index contributed by atoms with van der Waals surface area (Å²) in [4.78, 5) is 11.1. The van der Waals surface area contributed by atoms with E-state index >= 15 is 0 Å². The Balaban J connectivity index is 1.55. The number of rotatable bonds is 4. The van der Waals surface area contributed by atoms with Crippen LogP contribution in [0.1, 0.15) is 85.0 Å². The van der Waals surface area contributed by atoms with Crippen molar-refractivity contribution in [3.8, 4) is 0 Å². The van der Waals surface area contributed by atoms with Crippen LogP contribution in [-0.4, -0.2) is 33.5 Å². The number of hydrogen-bond donors (Lipinski definition) is 3. The SMILES string of the molecule is C[C@H](CCC(=O)O)[C@H]1CCC2[C@@H]3[C@@H](O)C[C@@H]4C[C@H](O)CC[C@]4(C)[C@H]3CC[C@@]21C. The molecule has 0 radical (unpaired) electrons. The summed E-state index contributed by atoms with van der Waals surface area (Å²) in [5.74, 6) is 2.36. The maximum atomic E-state index is 11.2. The molecular weight excluding hydrogens is 352 g/mol. The van der Waals surface area contributed by atoms with Crippen LogP contribution in [0.4, 0.5) is 0 Å². The quantitative estimate of drug-likeness (QED) is 0.659. The van der Waals surface area contributed by atoms with Gasteiger partial charge in [0.25, 0.3) is 0 Å². The van der Waals surface area contributed by atoms with Gasteiger partial charge in [-0.15, -0.1) is 0 Å². The molecule has 0 saturated heterocycles. The van der Waals surface area contributed by atoms with E-state index in [0.29, 0.717) is 35.5 Å². The molecule has 0 amide bonds. The van der Waals surface area contributed by atoms with Gasteiger partial charge in [0.2, 0.25) is 0 Å². The van der Waals surface area contributed by atoms with Gasteiger partial charge in [-0.2, -0.15) is 0 Å². The minimum atomic E-state index is -0.684. The van der Waals surface area contributed by atoms with Crippen molar-refractivity contribution in [3.63, 3.8) is 0 Å². The van der Waals surface area contributed by atoms with Crippen LogP contribution in [-0.2, 0) is 4.79 Å². The van der Waals surface area contributed by atoms with Crippen LogP contribution in [0.15, 0.2) is 0 Å². The number of carbonyl (C=O) groups is 1. The normalized spacial score (nSPS) is 51.7. The third kappa shape index (κ3) is 3.14. The summed E-state index contributed by atoms with van der Waals surface area (Å²) in [6, 6.07) is 0. The molecule has 0 heterocycles. The second-order valence-corrected chi connectivity index (χ2v) is 11.4. The van der Waals surface area contributed by atoms with Crippen molar-refractivity contribution < 1.29 is 20.1 Å². The Kier molecular flexibility index (Phi) is 5.36. The summed E-state index contributed by atoms with van der Waals surface area (Å²) in [5.41, 5.74) is 0.523. The molecule has 4 fully saturated rings. The summed E-state index contributed by atoms with van der Waals surface area (Å²) in [5, 5.41) is 30.5. The van der Waals surface area contributed by atoms with Gasteiger partial charge < -0.3 is 15.3 Å². The standard InChI is InChI=1S/C24H40O4/c1-14(4-7-21(27)28)17-5-6-18-22-19(9-11-24(17,18)3)23(2)10-8-16(25)12-15(23)13-20(22)26/h14-20,22,25-26H,4-13H2,1-3H3,(H,27,28)/t14-,15+,16-,17-,18?,19+,20+,22+,23+,24-/m1/s1. The van der Waals surface area contributed by atoms with Gasteiger partial charge in [-0.3, -0.25) is 4.79 Å². The second-order valence-electron chi connectivity index (χ2n) is 11.4. The molecule has 0 aromatic rings. The van der Waals surface area contributed by atoms with Crippen LogP contribution in [0.5, 0.6) is 0 Å². The Bertz CT molecular complexity index is 605. The fourth-order valence-corrected chi connectivity index (χ4v) is 8.73. The number of fused-ring (bicyclic) bond motifs is 5. The number of aliphatic hydroxyl groups is 2. The Morgan fingerprint density at radius 2 is 1.68 bits per heavy atom.